The first-order valence-corrected chi connectivity index (χ1v) is 7.25. The van der Waals surface area contributed by atoms with Crippen LogP contribution in [-0.4, -0.2) is 22.7 Å². The highest BCUT2D eigenvalue weighted by molar-refractivity contribution is 7.15. The van der Waals surface area contributed by atoms with Gasteiger partial charge >= 0.3 is 6.61 Å². The lowest BCUT2D eigenvalue weighted by molar-refractivity contribution is -0.111. The summed E-state index contributed by atoms with van der Waals surface area (Å²) in [6.45, 7) is -0.983. The molecule has 1 N–H and O–H groups in total. The van der Waals surface area contributed by atoms with Crippen LogP contribution in [-0.2, 0) is 11.2 Å². The van der Waals surface area contributed by atoms with Gasteiger partial charge in [0.1, 0.15) is 10.8 Å². The number of para-hydroxylation sites is 1. The minimum absolute atomic E-state index is 0.00531. The Hall–Kier alpha value is -2.35. The molecule has 0 unspecified atom stereocenters. The second kappa shape index (κ2) is 7.60. The predicted octanol–water partition coefficient (Wildman–Crippen LogP) is 3.35. The number of alkyl halides is 2. The van der Waals surface area contributed by atoms with Crippen molar-refractivity contribution in [2.45, 2.75) is 20.0 Å². The molecule has 0 saturated heterocycles. The highest BCUT2D eigenvalue weighted by atomic mass is 32.1. The summed E-state index contributed by atoms with van der Waals surface area (Å²) in [6, 6.07) is 6.21. The molecule has 1 aromatic heterocycles. The van der Waals surface area contributed by atoms with Crippen molar-refractivity contribution in [3.63, 3.8) is 0 Å². The normalized spacial score (nSPS) is 11.1. The number of aryl methyl sites for hydroxylation is 1. The van der Waals surface area contributed by atoms with Crippen molar-refractivity contribution in [3.8, 4) is 5.75 Å². The number of halogens is 2. The Bertz CT molecular complexity index is 674. The molecular formula is C14H13F2N3O2S. The van der Waals surface area contributed by atoms with Gasteiger partial charge in [0.2, 0.25) is 11.0 Å². The molecule has 0 bridgehead atoms. The zero-order valence-corrected chi connectivity index (χ0v) is 12.4. The van der Waals surface area contributed by atoms with Gasteiger partial charge in [-0.15, -0.1) is 10.2 Å². The summed E-state index contributed by atoms with van der Waals surface area (Å²) >= 11 is 1.28. The molecule has 0 aliphatic carbocycles. The lowest BCUT2D eigenvalue weighted by Crippen LogP contribution is -2.07. The molecule has 116 valence electrons. The fraction of sp³-hybridized carbons (Fsp3) is 0.214. The summed E-state index contributed by atoms with van der Waals surface area (Å²) in [4.78, 5) is 11.8. The van der Waals surface area contributed by atoms with Gasteiger partial charge in [0.15, 0.2) is 0 Å². The Morgan fingerprint density at radius 1 is 1.41 bits per heavy atom. The summed E-state index contributed by atoms with van der Waals surface area (Å²) in [7, 11) is 0. The number of carbonyl (C=O) groups is 1. The third kappa shape index (κ3) is 4.59. The molecule has 1 heterocycles. The van der Waals surface area contributed by atoms with Crippen molar-refractivity contribution in [2.75, 3.05) is 5.32 Å². The van der Waals surface area contributed by atoms with E-state index in [0.29, 0.717) is 10.7 Å². The van der Waals surface area contributed by atoms with Crippen molar-refractivity contribution in [1.82, 2.24) is 10.2 Å². The highest BCUT2D eigenvalue weighted by Crippen LogP contribution is 2.21. The summed E-state index contributed by atoms with van der Waals surface area (Å²) in [6.07, 6.45) is 3.36. The number of aromatic nitrogens is 2. The standard InChI is InChI=1S/C14H13F2N3O2S/c1-2-12-18-19-14(22-12)17-11(20)8-7-9-5-3-4-6-10(9)21-13(15)16/h3-8,13H,2H2,1H3,(H,17,19,20)/b8-7+. The number of ether oxygens (including phenoxy) is 1. The lowest BCUT2D eigenvalue weighted by Gasteiger charge is -2.07. The molecule has 5 nitrogen and oxygen atoms in total. The topological polar surface area (TPSA) is 64.1 Å². The summed E-state index contributed by atoms with van der Waals surface area (Å²) in [5.74, 6) is -0.420. The Morgan fingerprint density at radius 3 is 2.86 bits per heavy atom. The Morgan fingerprint density at radius 2 is 2.18 bits per heavy atom. The molecule has 2 aromatic rings. The largest absolute Gasteiger partial charge is 0.434 e. The maximum atomic E-state index is 12.3. The van der Waals surface area contributed by atoms with Crippen molar-refractivity contribution < 1.29 is 18.3 Å². The number of amides is 1. The predicted molar refractivity (Wildman–Crippen MR) is 80.0 cm³/mol. The SMILES string of the molecule is CCc1nnc(NC(=O)/C=C/c2ccccc2OC(F)F)s1. The Labute approximate surface area is 129 Å². The number of rotatable bonds is 6. The van der Waals surface area contributed by atoms with Crippen LogP contribution in [0, 0.1) is 0 Å². The molecule has 0 spiro atoms. The van der Waals surface area contributed by atoms with Crippen molar-refractivity contribution in [1.29, 1.82) is 0 Å². The second-order valence-electron chi connectivity index (χ2n) is 4.09. The van der Waals surface area contributed by atoms with Gasteiger partial charge in [-0.2, -0.15) is 8.78 Å². The number of nitrogens with one attached hydrogen (secondary N) is 1. The van der Waals surface area contributed by atoms with E-state index < -0.39 is 12.5 Å². The molecule has 0 aliphatic heterocycles. The minimum Gasteiger partial charge on any atom is -0.434 e. The van der Waals surface area contributed by atoms with E-state index >= 15 is 0 Å². The average molecular weight is 325 g/mol. The number of anilines is 1. The third-order valence-corrected chi connectivity index (χ3v) is 3.53. The van der Waals surface area contributed by atoms with Crippen LogP contribution < -0.4 is 10.1 Å². The molecule has 8 heteroatoms. The maximum absolute atomic E-state index is 12.3. The van der Waals surface area contributed by atoms with Crippen LogP contribution >= 0.6 is 11.3 Å². The average Bonchev–Trinajstić information content (AvgIpc) is 2.93. The van der Waals surface area contributed by atoms with Gasteiger partial charge < -0.3 is 4.74 Å². The summed E-state index contributed by atoms with van der Waals surface area (Å²) in [5, 5.41) is 11.5. The van der Waals surface area contributed by atoms with Gasteiger partial charge in [-0.1, -0.05) is 36.5 Å². The molecule has 0 radical (unpaired) electrons. The molecule has 22 heavy (non-hydrogen) atoms. The van der Waals surface area contributed by atoms with Crippen molar-refractivity contribution >= 4 is 28.5 Å². The number of benzene rings is 1. The van der Waals surface area contributed by atoms with E-state index in [1.54, 1.807) is 18.2 Å². The number of nitrogens with zero attached hydrogens (tertiary/aromatic N) is 2. The first-order chi connectivity index (χ1) is 10.6. The van der Waals surface area contributed by atoms with Crippen LogP contribution in [0.1, 0.15) is 17.5 Å². The van der Waals surface area contributed by atoms with Crippen LogP contribution in [0.15, 0.2) is 30.3 Å². The second-order valence-corrected chi connectivity index (χ2v) is 5.16. The highest BCUT2D eigenvalue weighted by Gasteiger charge is 2.08. The van der Waals surface area contributed by atoms with E-state index in [9.17, 15) is 13.6 Å². The smallest absolute Gasteiger partial charge is 0.387 e. The Balaban J connectivity index is 2.03. The van der Waals surface area contributed by atoms with Crippen LogP contribution in [0.25, 0.3) is 6.08 Å². The minimum atomic E-state index is -2.92. The fourth-order valence-electron chi connectivity index (χ4n) is 1.58. The molecule has 0 fully saturated rings. The first kappa shape index (κ1) is 16.0. The van der Waals surface area contributed by atoms with Crippen LogP contribution in [0.2, 0.25) is 0 Å². The quantitative estimate of drug-likeness (QED) is 0.827. The van der Waals surface area contributed by atoms with E-state index in [1.807, 2.05) is 6.92 Å². The molecule has 0 saturated carbocycles. The number of hydrogen-bond donors (Lipinski definition) is 1. The van der Waals surface area contributed by atoms with E-state index in [1.165, 1.54) is 29.6 Å². The zero-order valence-electron chi connectivity index (χ0n) is 11.6. The van der Waals surface area contributed by atoms with Gasteiger partial charge in [-0.3, -0.25) is 10.1 Å². The van der Waals surface area contributed by atoms with Crippen molar-refractivity contribution in [3.05, 3.63) is 40.9 Å². The molecule has 0 aliphatic rings. The van der Waals surface area contributed by atoms with Crippen LogP contribution in [0.4, 0.5) is 13.9 Å². The van der Waals surface area contributed by atoms with E-state index in [2.05, 4.69) is 20.3 Å². The van der Waals surface area contributed by atoms with Crippen LogP contribution in [0.3, 0.4) is 0 Å². The number of carbonyl (C=O) groups excluding carboxylic acids is 1. The third-order valence-electron chi connectivity index (χ3n) is 2.55. The van der Waals surface area contributed by atoms with Gasteiger partial charge in [0, 0.05) is 11.6 Å². The van der Waals surface area contributed by atoms with Gasteiger partial charge in [-0.25, -0.2) is 0 Å². The lowest BCUT2D eigenvalue weighted by atomic mass is 10.2. The van der Waals surface area contributed by atoms with E-state index in [-0.39, 0.29) is 5.75 Å². The Kier molecular flexibility index (Phi) is 5.54. The maximum Gasteiger partial charge on any atom is 0.387 e. The molecular weight excluding hydrogens is 312 g/mol. The summed E-state index contributed by atoms with van der Waals surface area (Å²) in [5.41, 5.74) is 0.379. The number of hydrogen-bond acceptors (Lipinski definition) is 5. The fourth-order valence-corrected chi connectivity index (χ4v) is 2.26. The van der Waals surface area contributed by atoms with Crippen LogP contribution in [0.5, 0.6) is 5.75 Å². The first-order valence-electron chi connectivity index (χ1n) is 6.43. The zero-order chi connectivity index (χ0) is 15.9. The van der Waals surface area contributed by atoms with Gasteiger partial charge in [0.05, 0.1) is 0 Å². The van der Waals surface area contributed by atoms with E-state index in [4.69, 9.17) is 0 Å². The monoisotopic (exact) mass is 325 g/mol. The molecule has 0 atom stereocenters. The van der Waals surface area contributed by atoms with Crippen molar-refractivity contribution in [2.24, 2.45) is 0 Å². The molecule has 1 amide bonds. The molecule has 1 aromatic carbocycles. The summed E-state index contributed by atoms with van der Waals surface area (Å²) < 4.78 is 28.9. The van der Waals surface area contributed by atoms with E-state index in [0.717, 1.165) is 11.4 Å². The van der Waals surface area contributed by atoms with Gasteiger partial charge in [0.25, 0.3) is 0 Å². The molecule has 2 rings (SSSR count). The van der Waals surface area contributed by atoms with Gasteiger partial charge in [-0.05, 0) is 18.6 Å².